The minimum atomic E-state index is -1.09. The molecule has 2 aliphatic rings. The van der Waals surface area contributed by atoms with Crippen molar-refractivity contribution < 1.29 is 28.5 Å². The summed E-state index contributed by atoms with van der Waals surface area (Å²) in [6, 6.07) is 7.75. The summed E-state index contributed by atoms with van der Waals surface area (Å²) in [7, 11) is 4.27. The quantitative estimate of drug-likeness (QED) is 0.524. The van der Waals surface area contributed by atoms with Gasteiger partial charge in [-0.1, -0.05) is 37.6 Å². The molecule has 1 saturated heterocycles. The number of benzene rings is 1. The van der Waals surface area contributed by atoms with E-state index in [1.807, 2.05) is 31.2 Å². The van der Waals surface area contributed by atoms with Crippen molar-refractivity contribution in [3.8, 4) is 0 Å². The fourth-order valence-electron chi connectivity index (χ4n) is 4.70. The molecular formula is C22H28O6. The lowest BCUT2D eigenvalue weighted by Crippen LogP contribution is -2.45. The van der Waals surface area contributed by atoms with Crippen molar-refractivity contribution in [3.63, 3.8) is 0 Å². The lowest BCUT2D eigenvalue weighted by Gasteiger charge is -2.37. The van der Waals surface area contributed by atoms with E-state index in [1.165, 1.54) is 14.2 Å². The molecule has 6 heteroatoms. The van der Waals surface area contributed by atoms with E-state index in [1.54, 1.807) is 7.11 Å². The number of ether oxygens (including phenoxy) is 4. The van der Waals surface area contributed by atoms with Crippen molar-refractivity contribution in [1.29, 1.82) is 0 Å². The van der Waals surface area contributed by atoms with Crippen LogP contribution < -0.4 is 0 Å². The Morgan fingerprint density at radius 2 is 1.75 bits per heavy atom. The molecule has 0 N–H and O–H groups in total. The summed E-state index contributed by atoms with van der Waals surface area (Å²) in [5, 5.41) is 0. The summed E-state index contributed by atoms with van der Waals surface area (Å²) in [6.07, 6.45) is 2.02. The Hall–Kier alpha value is -2.34. The number of hydrogen-bond donors (Lipinski definition) is 0. The first kappa shape index (κ1) is 20.4. The lowest BCUT2D eigenvalue weighted by molar-refractivity contribution is -0.159. The van der Waals surface area contributed by atoms with Crippen molar-refractivity contribution in [2.75, 3.05) is 21.3 Å². The average molecular weight is 388 g/mol. The van der Waals surface area contributed by atoms with Crippen molar-refractivity contribution in [3.05, 3.63) is 46.7 Å². The summed E-state index contributed by atoms with van der Waals surface area (Å²) in [4.78, 5) is 25.7. The van der Waals surface area contributed by atoms with Gasteiger partial charge in [0.15, 0.2) is 0 Å². The van der Waals surface area contributed by atoms with E-state index in [9.17, 15) is 9.59 Å². The fraction of sp³-hybridized carbons (Fsp3) is 0.545. The summed E-state index contributed by atoms with van der Waals surface area (Å²) in [5.41, 5.74) is 1.60. The summed E-state index contributed by atoms with van der Waals surface area (Å²) < 4.78 is 22.3. The zero-order valence-electron chi connectivity index (χ0n) is 17.1. The van der Waals surface area contributed by atoms with Gasteiger partial charge in [-0.25, -0.2) is 0 Å². The molecule has 1 aromatic rings. The summed E-state index contributed by atoms with van der Waals surface area (Å²) in [6.45, 7) is 3.98. The van der Waals surface area contributed by atoms with Crippen molar-refractivity contribution in [1.82, 2.24) is 0 Å². The number of hydrogen-bond acceptors (Lipinski definition) is 6. The Kier molecular flexibility index (Phi) is 5.79. The Balaban J connectivity index is 2.30. The third kappa shape index (κ3) is 2.82. The maximum atomic E-state index is 13.0. The molecule has 3 rings (SSSR count). The molecule has 1 aromatic carbocycles. The summed E-state index contributed by atoms with van der Waals surface area (Å²) >= 11 is 0. The molecule has 0 saturated carbocycles. The number of carbonyl (C=O) groups is 2. The minimum Gasteiger partial charge on any atom is -0.501 e. The number of unbranched alkanes of at least 4 members (excludes halogenated alkanes) is 1. The van der Waals surface area contributed by atoms with Gasteiger partial charge in [-0.2, -0.15) is 0 Å². The molecular weight excluding hydrogens is 360 g/mol. The normalized spacial score (nSPS) is 28.4. The van der Waals surface area contributed by atoms with Crippen LogP contribution in [0.3, 0.4) is 0 Å². The van der Waals surface area contributed by atoms with Gasteiger partial charge in [-0.3, -0.25) is 9.59 Å². The van der Waals surface area contributed by atoms with Gasteiger partial charge >= 0.3 is 11.9 Å². The molecule has 1 fully saturated rings. The van der Waals surface area contributed by atoms with E-state index in [0.717, 1.165) is 29.5 Å². The molecule has 2 heterocycles. The largest absolute Gasteiger partial charge is 0.501 e. The van der Waals surface area contributed by atoms with E-state index < -0.39 is 35.5 Å². The van der Waals surface area contributed by atoms with Gasteiger partial charge in [0.05, 0.1) is 33.2 Å². The summed E-state index contributed by atoms with van der Waals surface area (Å²) in [5.74, 6) is -1.86. The predicted octanol–water partition coefficient (Wildman–Crippen LogP) is 3.66. The van der Waals surface area contributed by atoms with Crippen LogP contribution in [0.4, 0.5) is 0 Å². The molecule has 4 atom stereocenters. The second-order valence-corrected chi connectivity index (χ2v) is 7.25. The van der Waals surface area contributed by atoms with Gasteiger partial charge in [0, 0.05) is 5.57 Å². The maximum Gasteiger partial charge on any atom is 0.313 e. The first-order valence-corrected chi connectivity index (χ1v) is 9.64. The van der Waals surface area contributed by atoms with Crippen molar-refractivity contribution >= 4 is 11.9 Å². The highest BCUT2D eigenvalue weighted by Gasteiger charge is 2.69. The Labute approximate surface area is 165 Å². The van der Waals surface area contributed by atoms with Crippen molar-refractivity contribution in [2.45, 2.75) is 44.8 Å². The van der Waals surface area contributed by atoms with Gasteiger partial charge in [-0.05, 0) is 30.9 Å². The van der Waals surface area contributed by atoms with Crippen LogP contribution >= 0.6 is 0 Å². The molecule has 0 unspecified atom stereocenters. The Morgan fingerprint density at radius 1 is 1.07 bits per heavy atom. The third-order valence-corrected chi connectivity index (χ3v) is 5.99. The van der Waals surface area contributed by atoms with Crippen LogP contribution in [0.25, 0.3) is 0 Å². The van der Waals surface area contributed by atoms with Crippen LogP contribution in [0.1, 0.15) is 50.3 Å². The molecule has 0 radical (unpaired) electrons. The van der Waals surface area contributed by atoms with E-state index in [-0.39, 0.29) is 0 Å². The van der Waals surface area contributed by atoms with Gasteiger partial charge < -0.3 is 18.9 Å². The second kappa shape index (κ2) is 7.95. The molecule has 0 amide bonds. The Bertz CT molecular complexity index is 798. The monoisotopic (exact) mass is 388 g/mol. The first-order valence-electron chi connectivity index (χ1n) is 9.64. The second-order valence-electron chi connectivity index (χ2n) is 7.25. The molecule has 152 valence electrons. The molecule has 6 nitrogen and oxygen atoms in total. The number of esters is 2. The van der Waals surface area contributed by atoms with E-state index in [0.29, 0.717) is 12.2 Å². The zero-order valence-corrected chi connectivity index (χ0v) is 17.1. The van der Waals surface area contributed by atoms with Crippen LogP contribution in [0.5, 0.6) is 0 Å². The highest BCUT2D eigenvalue weighted by atomic mass is 16.6. The van der Waals surface area contributed by atoms with Crippen molar-refractivity contribution in [2.24, 2.45) is 11.8 Å². The highest BCUT2D eigenvalue weighted by molar-refractivity contribution is 5.87. The number of fused-ring (bicyclic) bond motifs is 5. The lowest BCUT2D eigenvalue weighted by atomic mass is 9.64. The SMILES string of the molecule is CCCC/C(=C(/C)OC)[C@@]12O[C@@H](c3ccccc31)[C@@H](C(=O)OC)[C@@H]2C(=O)OC. The van der Waals surface area contributed by atoms with Crippen LogP contribution in [0.15, 0.2) is 35.6 Å². The van der Waals surface area contributed by atoms with Gasteiger partial charge in [0.1, 0.15) is 17.4 Å². The van der Waals surface area contributed by atoms with Crippen LogP contribution in [0, 0.1) is 11.8 Å². The van der Waals surface area contributed by atoms with Crippen LogP contribution in [-0.2, 0) is 34.1 Å². The topological polar surface area (TPSA) is 71.1 Å². The Morgan fingerprint density at radius 3 is 2.36 bits per heavy atom. The minimum absolute atomic E-state index is 0.471. The molecule has 0 aliphatic carbocycles. The van der Waals surface area contributed by atoms with E-state index >= 15 is 0 Å². The maximum absolute atomic E-state index is 13.0. The number of rotatable bonds is 7. The molecule has 28 heavy (non-hydrogen) atoms. The smallest absolute Gasteiger partial charge is 0.313 e. The molecule has 0 spiro atoms. The molecule has 2 aliphatic heterocycles. The van der Waals surface area contributed by atoms with Gasteiger partial charge in [0.2, 0.25) is 0 Å². The average Bonchev–Trinajstić information content (AvgIpc) is 3.25. The van der Waals surface area contributed by atoms with Crippen LogP contribution in [0.2, 0.25) is 0 Å². The van der Waals surface area contributed by atoms with Gasteiger partial charge in [0.25, 0.3) is 0 Å². The fourth-order valence-corrected chi connectivity index (χ4v) is 4.70. The third-order valence-electron chi connectivity index (χ3n) is 5.99. The number of allylic oxidation sites excluding steroid dienone is 1. The van der Waals surface area contributed by atoms with Crippen LogP contribution in [-0.4, -0.2) is 33.3 Å². The first-order chi connectivity index (χ1) is 13.5. The standard InChI is InChI=1S/C22H28O6/c1-6-7-11-15(13(2)25-3)22-16-12-9-8-10-14(16)19(28-22)17(20(23)26-4)18(22)21(24)27-5/h8-10,12,17-19H,6-7,11H2,1-5H3/b15-13+/t17-,18+,19-,22+/m0/s1. The van der Waals surface area contributed by atoms with E-state index in [2.05, 4.69) is 6.92 Å². The number of carbonyl (C=O) groups excluding carboxylic acids is 2. The highest BCUT2D eigenvalue weighted by Crippen LogP contribution is 2.65. The molecule has 0 aromatic heterocycles. The van der Waals surface area contributed by atoms with Gasteiger partial charge in [-0.15, -0.1) is 0 Å². The molecule has 2 bridgehead atoms. The predicted molar refractivity (Wildman–Crippen MR) is 102 cm³/mol. The zero-order chi connectivity index (χ0) is 20.5. The number of methoxy groups -OCH3 is 3. The van der Waals surface area contributed by atoms with E-state index in [4.69, 9.17) is 18.9 Å².